The Labute approximate surface area is 107 Å². The SMILES string of the molecule is COC1C=C(C(=O)OC2CCC3OC3C2)CCC1. The summed E-state index contributed by atoms with van der Waals surface area (Å²) in [5.74, 6) is -0.152. The molecule has 0 spiro atoms. The molecule has 0 radical (unpaired) electrons. The van der Waals surface area contributed by atoms with Crippen LogP contribution in [-0.4, -0.2) is 37.5 Å². The van der Waals surface area contributed by atoms with Crippen molar-refractivity contribution in [2.45, 2.75) is 62.9 Å². The number of carbonyl (C=O) groups is 1. The minimum atomic E-state index is -0.152. The lowest BCUT2D eigenvalue weighted by Gasteiger charge is -2.23. The number of fused-ring (bicyclic) bond motifs is 1. The quantitative estimate of drug-likeness (QED) is 0.569. The Morgan fingerprint density at radius 3 is 3.00 bits per heavy atom. The first kappa shape index (κ1) is 12.2. The maximum Gasteiger partial charge on any atom is 0.334 e. The summed E-state index contributed by atoms with van der Waals surface area (Å²) in [6, 6.07) is 0. The molecular weight excluding hydrogens is 232 g/mol. The molecule has 4 heteroatoms. The van der Waals surface area contributed by atoms with Crippen molar-refractivity contribution in [2.75, 3.05) is 7.11 Å². The Morgan fingerprint density at radius 1 is 1.33 bits per heavy atom. The first-order valence-corrected chi connectivity index (χ1v) is 6.86. The molecule has 4 nitrogen and oxygen atoms in total. The molecule has 3 aliphatic rings. The number of rotatable bonds is 3. The van der Waals surface area contributed by atoms with Gasteiger partial charge in [-0.05, 0) is 38.2 Å². The monoisotopic (exact) mass is 252 g/mol. The predicted molar refractivity (Wildman–Crippen MR) is 65.1 cm³/mol. The van der Waals surface area contributed by atoms with E-state index in [-0.39, 0.29) is 18.2 Å². The van der Waals surface area contributed by atoms with E-state index in [0.717, 1.165) is 44.1 Å². The van der Waals surface area contributed by atoms with E-state index in [1.807, 2.05) is 6.08 Å². The molecular formula is C14H20O4. The van der Waals surface area contributed by atoms with Crippen LogP contribution in [0.4, 0.5) is 0 Å². The molecule has 0 aromatic carbocycles. The number of methoxy groups -OCH3 is 1. The standard InChI is InChI=1S/C14H20O4/c1-16-10-4-2-3-9(7-10)14(15)17-11-5-6-12-13(8-11)18-12/h7,10-13H,2-6,8H2,1H3. The molecule has 0 aromatic rings. The first-order valence-electron chi connectivity index (χ1n) is 6.86. The zero-order valence-corrected chi connectivity index (χ0v) is 10.8. The highest BCUT2D eigenvalue weighted by Crippen LogP contribution is 2.38. The molecule has 1 saturated carbocycles. The maximum atomic E-state index is 12.1. The normalized spacial score (nSPS) is 38.6. The van der Waals surface area contributed by atoms with Gasteiger partial charge in [0.25, 0.3) is 0 Å². The summed E-state index contributed by atoms with van der Waals surface area (Å²) in [4.78, 5) is 12.1. The molecule has 0 N–H and O–H groups in total. The molecule has 1 heterocycles. The van der Waals surface area contributed by atoms with Crippen molar-refractivity contribution in [3.05, 3.63) is 11.6 Å². The fraction of sp³-hybridized carbons (Fsp3) is 0.786. The number of hydrogen-bond donors (Lipinski definition) is 0. The smallest absolute Gasteiger partial charge is 0.334 e. The predicted octanol–water partition coefficient (Wildman–Crippen LogP) is 1.97. The van der Waals surface area contributed by atoms with Crippen LogP contribution in [0.1, 0.15) is 38.5 Å². The molecule has 1 aliphatic heterocycles. The van der Waals surface area contributed by atoms with E-state index in [9.17, 15) is 4.79 Å². The third-order valence-electron chi connectivity index (χ3n) is 4.12. The van der Waals surface area contributed by atoms with Gasteiger partial charge in [-0.1, -0.05) is 0 Å². The molecule has 0 aromatic heterocycles. The van der Waals surface area contributed by atoms with Crippen LogP contribution in [0.3, 0.4) is 0 Å². The van der Waals surface area contributed by atoms with Crippen molar-refractivity contribution in [3.63, 3.8) is 0 Å². The van der Waals surface area contributed by atoms with E-state index < -0.39 is 0 Å². The lowest BCUT2D eigenvalue weighted by molar-refractivity contribution is -0.145. The average molecular weight is 252 g/mol. The van der Waals surface area contributed by atoms with E-state index in [0.29, 0.717) is 12.2 Å². The Bertz CT molecular complexity index is 363. The van der Waals surface area contributed by atoms with Gasteiger partial charge in [0.2, 0.25) is 0 Å². The van der Waals surface area contributed by atoms with E-state index >= 15 is 0 Å². The van der Waals surface area contributed by atoms with Gasteiger partial charge in [0, 0.05) is 19.1 Å². The third-order valence-corrected chi connectivity index (χ3v) is 4.12. The molecule has 18 heavy (non-hydrogen) atoms. The Hall–Kier alpha value is -0.870. The molecule has 0 bridgehead atoms. The molecule has 4 atom stereocenters. The molecule has 0 amide bonds. The van der Waals surface area contributed by atoms with Crippen LogP contribution in [0, 0.1) is 0 Å². The van der Waals surface area contributed by atoms with Gasteiger partial charge < -0.3 is 14.2 Å². The van der Waals surface area contributed by atoms with E-state index in [2.05, 4.69) is 0 Å². The number of hydrogen-bond acceptors (Lipinski definition) is 4. The van der Waals surface area contributed by atoms with Crippen LogP contribution in [0.15, 0.2) is 11.6 Å². The van der Waals surface area contributed by atoms with Crippen LogP contribution in [-0.2, 0) is 19.0 Å². The van der Waals surface area contributed by atoms with E-state index in [1.54, 1.807) is 7.11 Å². The molecule has 2 fully saturated rings. The summed E-state index contributed by atoms with van der Waals surface area (Å²) in [5.41, 5.74) is 0.784. The van der Waals surface area contributed by atoms with E-state index in [4.69, 9.17) is 14.2 Å². The highest BCUT2D eigenvalue weighted by atomic mass is 16.6. The number of esters is 1. The number of ether oxygens (including phenoxy) is 3. The van der Waals surface area contributed by atoms with Crippen LogP contribution < -0.4 is 0 Å². The second-order valence-corrected chi connectivity index (χ2v) is 5.41. The van der Waals surface area contributed by atoms with Crippen LogP contribution in [0.5, 0.6) is 0 Å². The molecule has 2 aliphatic carbocycles. The van der Waals surface area contributed by atoms with Gasteiger partial charge >= 0.3 is 5.97 Å². The summed E-state index contributed by atoms with van der Waals surface area (Å²) >= 11 is 0. The zero-order chi connectivity index (χ0) is 12.5. The molecule has 1 saturated heterocycles. The number of carbonyl (C=O) groups excluding carboxylic acids is 1. The fourth-order valence-corrected chi connectivity index (χ4v) is 2.94. The minimum Gasteiger partial charge on any atom is -0.459 e. The largest absolute Gasteiger partial charge is 0.459 e. The minimum absolute atomic E-state index is 0.0464. The Morgan fingerprint density at radius 2 is 2.22 bits per heavy atom. The van der Waals surface area contributed by atoms with Gasteiger partial charge in [0.05, 0.1) is 18.3 Å². The first-order chi connectivity index (χ1) is 8.76. The fourth-order valence-electron chi connectivity index (χ4n) is 2.94. The topological polar surface area (TPSA) is 48.1 Å². The molecule has 4 unspecified atom stereocenters. The summed E-state index contributed by atoms with van der Waals surface area (Å²) in [5, 5.41) is 0. The summed E-state index contributed by atoms with van der Waals surface area (Å²) in [6.45, 7) is 0. The molecule has 3 rings (SSSR count). The van der Waals surface area contributed by atoms with Crippen molar-refractivity contribution in [1.82, 2.24) is 0 Å². The van der Waals surface area contributed by atoms with Crippen LogP contribution >= 0.6 is 0 Å². The van der Waals surface area contributed by atoms with Crippen molar-refractivity contribution in [2.24, 2.45) is 0 Å². The van der Waals surface area contributed by atoms with Crippen molar-refractivity contribution in [3.8, 4) is 0 Å². The second-order valence-electron chi connectivity index (χ2n) is 5.41. The van der Waals surface area contributed by atoms with Crippen LogP contribution in [0.2, 0.25) is 0 Å². The molecule has 100 valence electrons. The van der Waals surface area contributed by atoms with Gasteiger partial charge in [-0.15, -0.1) is 0 Å². The Kier molecular flexibility index (Phi) is 3.39. The number of epoxide rings is 1. The summed E-state index contributed by atoms with van der Waals surface area (Å²) in [7, 11) is 1.68. The average Bonchev–Trinajstić information content (AvgIpc) is 3.17. The van der Waals surface area contributed by atoms with Crippen molar-refractivity contribution >= 4 is 5.97 Å². The van der Waals surface area contributed by atoms with Gasteiger partial charge in [0.1, 0.15) is 6.10 Å². The van der Waals surface area contributed by atoms with Crippen LogP contribution in [0.25, 0.3) is 0 Å². The van der Waals surface area contributed by atoms with Gasteiger partial charge in [-0.2, -0.15) is 0 Å². The van der Waals surface area contributed by atoms with Gasteiger partial charge in [-0.3, -0.25) is 0 Å². The maximum absolute atomic E-state index is 12.1. The Balaban J connectivity index is 1.55. The highest BCUT2D eigenvalue weighted by Gasteiger charge is 2.45. The highest BCUT2D eigenvalue weighted by molar-refractivity contribution is 5.88. The van der Waals surface area contributed by atoms with Gasteiger partial charge in [-0.25, -0.2) is 4.79 Å². The van der Waals surface area contributed by atoms with Crippen molar-refractivity contribution in [1.29, 1.82) is 0 Å². The van der Waals surface area contributed by atoms with E-state index in [1.165, 1.54) is 0 Å². The zero-order valence-electron chi connectivity index (χ0n) is 10.8. The lowest BCUT2D eigenvalue weighted by atomic mass is 9.96. The lowest BCUT2D eigenvalue weighted by Crippen LogP contribution is -2.26. The van der Waals surface area contributed by atoms with Gasteiger partial charge in [0.15, 0.2) is 0 Å². The summed E-state index contributed by atoms with van der Waals surface area (Å²) < 4.78 is 16.3. The summed E-state index contributed by atoms with van der Waals surface area (Å²) in [6.07, 6.45) is 8.49. The second kappa shape index (κ2) is 5.02. The third kappa shape index (κ3) is 2.59. The van der Waals surface area contributed by atoms with Crippen molar-refractivity contribution < 1.29 is 19.0 Å².